The molecule has 5 nitrogen and oxygen atoms in total. The van der Waals surface area contributed by atoms with Crippen molar-refractivity contribution >= 4 is 20.0 Å². The van der Waals surface area contributed by atoms with Crippen LogP contribution in [0, 0.1) is 0 Å². The third-order valence-corrected chi connectivity index (χ3v) is 9.23. The highest BCUT2D eigenvalue weighted by atomic mass is 28.4. The van der Waals surface area contributed by atoms with Crippen LogP contribution in [0.1, 0.15) is 27.2 Å². The molecule has 0 bridgehead atoms. The van der Waals surface area contributed by atoms with Crippen LogP contribution in [0.15, 0.2) is 12.1 Å². The van der Waals surface area contributed by atoms with E-state index in [4.69, 9.17) is 10.2 Å². The third kappa shape index (κ3) is 3.75. The molecule has 22 heavy (non-hydrogen) atoms. The van der Waals surface area contributed by atoms with Crippen molar-refractivity contribution in [1.29, 1.82) is 0 Å². The predicted octanol–water partition coefficient (Wildman–Crippen LogP) is 3.00. The fraction of sp³-hybridized carbons (Fsp3) is 0.733. The molecule has 1 saturated heterocycles. The number of nitrogens with zero attached hydrogens (tertiary/aromatic N) is 3. The molecule has 1 fully saturated rings. The molecule has 1 aromatic heterocycles. The highest BCUT2D eigenvalue weighted by Crippen LogP contribution is 2.38. The van der Waals surface area contributed by atoms with Crippen molar-refractivity contribution in [2.45, 2.75) is 57.6 Å². The number of anilines is 2. The van der Waals surface area contributed by atoms with Crippen LogP contribution in [0.4, 0.5) is 16.0 Å². The molecule has 0 amide bonds. The third-order valence-electron chi connectivity index (χ3n) is 4.73. The molecule has 2 N–H and O–H groups in total. The van der Waals surface area contributed by atoms with E-state index in [1.54, 1.807) is 12.1 Å². The van der Waals surface area contributed by atoms with Crippen molar-refractivity contribution in [3.8, 4) is 0 Å². The summed E-state index contributed by atoms with van der Waals surface area (Å²) in [5, 5.41) is 7.95. The monoisotopic (exact) mass is 326 g/mol. The van der Waals surface area contributed by atoms with E-state index in [0.717, 1.165) is 6.54 Å². The minimum absolute atomic E-state index is 0.0896. The largest absolute Gasteiger partial charge is 0.411 e. The van der Waals surface area contributed by atoms with Crippen LogP contribution in [-0.4, -0.2) is 43.9 Å². The van der Waals surface area contributed by atoms with Crippen molar-refractivity contribution < 1.29 is 8.82 Å². The molecule has 1 aliphatic rings. The number of hydrogen-bond donors (Lipinski definition) is 1. The van der Waals surface area contributed by atoms with Crippen LogP contribution < -0.4 is 10.6 Å². The lowest BCUT2D eigenvalue weighted by Crippen LogP contribution is -2.52. The van der Waals surface area contributed by atoms with E-state index >= 15 is 0 Å². The molecule has 2 atom stereocenters. The molecule has 124 valence electrons. The lowest BCUT2D eigenvalue weighted by atomic mass is 10.1. The standard InChI is InChI=1S/C15H27FN4OSi/c1-15(2,3)22(4,5)21-12-8-9-20(10-11(12)16)14-7-6-13(17)18-19-14/h6-7,11-12H,8-10H2,1-5H3,(H2,17,18)/t11-,12+/m1/s1. The molecule has 0 aliphatic carbocycles. The fourth-order valence-corrected chi connectivity index (χ4v) is 3.66. The molecule has 2 heterocycles. The summed E-state index contributed by atoms with van der Waals surface area (Å²) in [6.07, 6.45) is -0.666. The lowest BCUT2D eigenvalue weighted by Gasteiger charge is -2.43. The van der Waals surface area contributed by atoms with Crippen LogP contribution in [0.5, 0.6) is 0 Å². The maximum Gasteiger partial charge on any atom is 0.192 e. The first-order chi connectivity index (χ1) is 10.1. The Hall–Kier alpha value is -1.21. The van der Waals surface area contributed by atoms with Crippen LogP contribution >= 0.6 is 0 Å². The Balaban J connectivity index is 2.00. The Kier molecular flexibility index (Phi) is 4.77. The summed E-state index contributed by atoms with van der Waals surface area (Å²) in [4.78, 5) is 1.91. The van der Waals surface area contributed by atoms with Gasteiger partial charge in [-0.3, -0.25) is 0 Å². The molecule has 0 spiro atoms. The minimum Gasteiger partial charge on any atom is -0.411 e. The zero-order valence-electron chi connectivity index (χ0n) is 14.1. The van der Waals surface area contributed by atoms with Gasteiger partial charge >= 0.3 is 0 Å². The Morgan fingerprint density at radius 2 is 2.00 bits per heavy atom. The maximum absolute atomic E-state index is 14.6. The summed E-state index contributed by atoms with van der Waals surface area (Å²) >= 11 is 0. The molecule has 0 unspecified atom stereocenters. The first-order valence-electron chi connectivity index (χ1n) is 7.76. The molecule has 0 radical (unpaired) electrons. The number of alkyl halides is 1. The first kappa shape index (κ1) is 17.1. The van der Waals surface area contributed by atoms with Crippen LogP contribution in [0.3, 0.4) is 0 Å². The van der Waals surface area contributed by atoms with Gasteiger partial charge in [0.1, 0.15) is 12.0 Å². The lowest BCUT2D eigenvalue weighted by molar-refractivity contribution is 0.0699. The topological polar surface area (TPSA) is 64.3 Å². The van der Waals surface area contributed by atoms with E-state index in [1.165, 1.54) is 0 Å². The number of nitrogen functional groups attached to an aromatic ring is 1. The Morgan fingerprint density at radius 1 is 1.32 bits per heavy atom. The second-order valence-corrected chi connectivity index (χ2v) is 12.2. The summed E-state index contributed by atoms with van der Waals surface area (Å²) in [7, 11) is -1.95. The van der Waals surface area contributed by atoms with Crippen molar-refractivity contribution in [1.82, 2.24) is 10.2 Å². The number of halogens is 1. The van der Waals surface area contributed by atoms with Crippen molar-refractivity contribution in [3.05, 3.63) is 12.1 Å². The Bertz CT molecular complexity index is 503. The van der Waals surface area contributed by atoms with Gasteiger partial charge in [-0.1, -0.05) is 20.8 Å². The summed E-state index contributed by atoms with van der Waals surface area (Å²) in [5.74, 6) is 1.04. The maximum atomic E-state index is 14.6. The SMILES string of the molecule is CC(C)(C)[Si](C)(C)O[C@H]1CCN(c2ccc(N)nn2)C[C@H]1F. The van der Waals surface area contributed by atoms with E-state index in [-0.39, 0.29) is 17.7 Å². The average Bonchev–Trinajstić information content (AvgIpc) is 2.40. The van der Waals surface area contributed by atoms with Crippen LogP contribution in [-0.2, 0) is 4.43 Å². The fourth-order valence-electron chi connectivity index (χ4n) is 2.28. The van der Waals surface area contributed by atoms with E-state index in [2.05, 4.69) is 44.1 Å². The van der Waals surface area contributed by atoms with Crippen molar-refractivity contribution in [3.63, 3.8) is 0 Å². The second-order valence-electron chi connectivity index (χ2n) is 7.48. The number of piperidine rings is 1. The molecule has 7 heteroatoms. The van der Waals surface area contributed by atoms with E-state index in [0.29, 0.717) is 18.1 Å². The number of hydrogen-bond acceptors (Lipinski definition) is 5. The molecule has 2 rings (SSSR count). The zero-order valence-corrected chi connectivity index (χ0v) is 15.1. The highest BCUT2D eigenvalue weighted by molar-refractivity contribution is 6.74. The molecular weight excluding hydrogens is 299 g/mol. The van der Waals surface area contributed by atoms with E-state index in [1.807, 2.05) is 4.90 Å². The predicted molar refractivity (Wildman–Crippen MR) is 90.2 cm³/mol. The Labute approximate surface area is 133 Å². The summed E-state index contributed by atoms with van der Waals surface area (Å²) in [6.45, 7) is 11.9. The van der Waals surface area contributed by atoms with Crippen molar-refractivity contribution in [2.75, 3.05) is 23.7 Å². The number of rotatable bonds is 3. The molecular formula is C15H27FN4OSi. The second kappa shape index (κ2) is 6.12. The van der Waals surface area contributed by atoms with Gasteiger partial charge in [0.05, 0.1) is 12.6 Å². The van der Waals surface area contributed by atoms with Gasteiger partial charge in [0, 0.05) is 6.54 Å². The molecule has 0 aromatic carbocycles. The summed E-state index contributed by atoms with van der Waals surface area (Å²) < 4.78 is 20.8. The van der Waals surface area contributed by atoms with E-state index < -0.39 is 14.5 Å². The quantitative estimate of drug-likeness (QED) is 0.865. The average molecular weight is 326 g/mol. The summed E-state index contributed by atoms with van der Waals surface area (Å²) in [5.41, 5.74) is 5.53. The molecule has 0 saturated carbocycles. The normalized spacial score (nSPS) is 23.6. The first-order valence-corrected chi connectivity index (χ1v) is 10.7. The van der Waals surface area contributed by atoms with Gasteiger partial charge in [0.25, 0.3) is 0 Å². The van der Waals surface area contributed by atoms with Gasteiger partial charge in [-0.25, -0.2) is 4.39 Å². The Morgan fingerprint density at radius 3 is 2.50 bits per heavy atom. The number of nitrogens with two attached hydrogens (primary N) is 1. The van der Waals surface area contributed by atoms with Gasteiger partial charge in [0.2, 0.25) is 0 Å². The van der Waals surface area contributed by atoms with Gasteiger partial charge in [0.15, 0.2) is 14.1 Å². The number of aromatic nitrogens is 2. The summed E-state index contributed by atoms with van der Waals surface area (Å²) in [6, 6.07) is 3.47. The smallest absolute Gasteiger partial charge is 0.192 e. The van der Waals surface area contributed by atoms with Gasteiger partial charge in [-0.05, 0) is 36.7 Å². The minimum atomic E-state index is -1.95. The van der Waals surface area contributed by atoms with Gasteiger partial charge in [-0.15, -0.1) is 10.2 Å². The highest BCUT2D eigenvalue weighted by Gasteiger charge is 2.42. The van der Waals surface area contributed by atoms with Gasteiger partial charge in [-0.2, -0.15) is 0 Å². The van der Waals surface area contributed by atoms with E-state index in [9.17, 15) is 4.39 Å². The molecule has 1 aliphatic heterocycles. The van der Waals surface area contributed by atoms with Crippen LogP contribution in [0.2, 0.25) is 18.1 Å². The van der Waals surface area contributed by atoms with Crippen molar-refractivity contribution in [2.24, 2.45) is 0 Å². The zero-order chi connectivity index (χ0) is 16.5. The molecule has 1 aromatic rings. The van der Waals surface area contributed by atoms with Gasteiger partial charge < -0.3 is 15.1 Å². The van der Waals surface area contributed by atoms with Crippen LogP contribution in [0.25, 0.3) is 0 Å².